The quantitative estimate of drug-likeness (QED) is 0.393. The fraction of sp³-hybridized carbons (Fsp3) is 0.375. The van der Waals surface area contributed by atoms with E-state index in [-0.39, 0.29) is 43.3 Å². The second-order valence-corrected chi connectivity index (χ2v) is 4.67. The van der Waals surface area contributed by atoms with Gasteiger partial charge in [-0.1, -0.05) is 50.5 Å². The molecule has 108 valence electrons. The van der Waals surface area contributed by atoms with Gasteiger partial charge in [-0.05, 0) is 30.0 Å². The average Bonchev–Trinajstić information content (AvgIpc) is 2.41. The van der Waals surface area contributed by atoms with Gasteiger partial charge in [-0.15, -0.1) is 0 Å². The molecule has 0 heterocycles. The fourth-order valence-corrected chi connectivity index (χ4v) is 1.98. The van der Waals surface area contributed by atoms with E-state index in [1.807, 2.05) is 12.1 Å². The van der Waals surface area contributed by atoms with Crippen molar-refractivity contribution in [1.29, 1.82) is 0 Å². The van der Waals surface area contributed by atoms with Crippen molar-refractivity contribution in [3.8, 4) is 0 Å². The van der Waals surface area contributed by atoms with Crippen LogP contribution in [0.15, 0.2) is 30.3 Å². The Kier molecular flexibility index (Phi) is 10.4. The molecule has 21 heavy (non-hydrogen) atoms. The van der Waals surface area contributed by atoms with Crippen LogP contribution in [0, 0.1) is 0 Å². The molecule has 0 saturated carbocycles. The van der Waals surface area contributed by atoms with Crippen molar-refractivity contribution in [3.05, 3.63) is 41.5 Å². The normalized spacial score (nSPS) is 10.8. The molecule has 0 atom stereocenters. The van der Waals surface area contributed by atoms with Gasteiger partial charge in [0.05, 0.1) is 11.9 Å². The maximum atomic E-state index is 10.9. The van der Waals surface area contributed by atoms with Crippen molar-refractivity contribution in [1.82, 2.24) is 0 Å². The summed E-state index contributed by atoms with van der Waals surface area (Å²) in [4.78, 5) is 21.4. The molecular formula is C16H18CaO4. The number of unbranched alkanes of at least 4 members (excludes halogenated alkanes) is 3. The number of carboxylic acids is 2. The Bertz CT molecular complexity index is 492. The van der Waals surface area contributed by atoms with Gasteiger partial charge in [0.15, 0.2) is 0 Å². The average molecular weight is 314 g/mol. The van der Waals surface area contributed by atoms with Gasteiger partial charge in [0.1, 0.15) is 0 Å². The molecule has 0 N–H and O–H groups in total. The number of carboxylic acid groups (broad SMARTS) is 2. The SMILES string of the molecule is CCCCCCc1ccc(/C(=C/C(=O)[O-])C(=O)[O-])cc1.[Ca+2]. The molecule has 0 saturated heterocycles. The van der Waals surface area contributed by atoms with Gasteiger partial charge in [-0.25, -0.2) is 0 Å². The molecule has 4 nitrogen and oxygen atoms in total. The maximum absolute atomic E-state index is 10.9. The molecule has 0 amide bonds. The number of hydrogen-bond donors (Lipinski definition) is 0. The molecule has 5 heteroatoms. The molecule has 1 aromatic carbocycles. The summed E-state index contributed by atoms with van der Waals surface area (Å²) in [6, 6.07) is 6.82. The van der Waals surface area contributed by atoms with Gasteiger partial charge < -0.3 is 19.8 Å². The molecular weight excluding hydrogens is 296 g/mol. The molecule has 0 aliphatic rings. The molecule has 0 aromatic heterocycles. The third kappa shape index (κ3) is 7.65. The van der Waals surface area contributed by atoms with Crippen LogP contribution in [0.1, 0.15) is 43.7 Å². The van der Waals surface area contributed by atoms with Crippen molar-refractivity contribution in [2.24, 2.45) is 0 Å². The van der Waals surface area contributed by atoms with Crippen LogP contribution in [-0.4, -0.2) is 49.7 Å². The van der Waals surface area contributed by atoms with Crippen LogP contribution in [0.2, 0.25) is 0 Å². The topological polar surface area (TPSA) is 80.3 Å². The Morgan fingerprint density at radius 2 is 1.67 bits per heavy atom. The first kappa shape index (κ1) is 20.2. The molecule has 0 radical (unpaired) electrons. The summed E-state index contributed by atoms with van der Waals surface area (Å²) >= 11 is 0. The van der Waals surface area contributed by atoms with Crippen LogP contribution in [0.4, 0.5) is 0 Å². The second kappa shape index (κ2) is 10.8. The van der Waals surface area contributed by atoms with Gasteiger partial charge in [-0.2, -0.15) is 0 Å². The van der Waals surface area contributed by atoms with Gasteiger partial charge in [0, 0.05) is 5.57 Å². The number of benzene rings is 1. The van der Waals surface area contributed by atoms with E-state index in [0.717, 1.165) is 18.4 Å². The number of aliphatic carboxylic acids is 2. The first-order valence-electron chi connectivity index (χ1n) is 6.78. The molecule has 0 fully saturated rings. The van der Waals surface area contributed by atoms with Crippen molar-refractivity contribution < 1.29 is 19.8 Å². The van der Waals surface area contributed by atoms with E-state index in [0.29, 0.717) is 11.6 Å². The summed E-state index contributed by atoms with van der Waals surface area (Å²) in [7, 11) is 0. The van der Waals surface area contributed by atoms with Crippen molar-refractivity contribution >= 4 is 55.2 Å². The number of aryl methyl sites for hydroxylation is 1. The largest absolute Gasteiger partial charge is 2.00 e. The van der Waals surface area contributed by atoms with E-state index in [4.69, 9.17) is 0 Å². The molecule has 0 spiro atoms. The van der Waals surface area contributed by atoms with E-state index >= 15 is 0 Å². The number of carbonyl (C=O) groups excluding carboxylic acids is 2. The molecule has 1 aromatic rings. The molecule has 0 bridgehead atoms. The Morgan fingerprint density at radius 3 is 2.14 bits per heavy atom. The summed E-state index contributed by atoms with van der Waals surface area (Å²) in [5, 5.41) is 21.4. The van der Waals surface area contributed by atoms with Crippen LogP contribution in [0.3, 0.4) is 0 Å². The van der Waals surface area contributed by atoms with Crippen molar-refractivity contribution in [3.63, 3.8) is 0 Å². The molecule has 0 unspecified atom stereocenters. The monoisotopic (exact) mass is 314 g/mol. The third-order valence-corrected chi connectivity index (χ3v) is 3.07. The molecule has 1 rings (SSSR count). The zero-order chi connectivity index (χ0) is 15.0. The standard InChI is InChI=1S/C16H20O4.Ca/c1-2-3-4-5-6-12-7-9-13(10-8-12)14(16(19)20)11-15(17)18;/h7-11H,2-6H2,1H3,(H,17,18)(H,19,20);/q;+2/p-2/b14-11-;. The van der Waals surface area contributed by atoms with Crippen LogP contribution >= 0.6 is 0 Å². The second-order valence-electron chi connectivity index (χ2n) is 4.67. The number of hydrogen-bond acceptors (Lipinski definition) is 4. The fourth-order valence-electron chi connectivity index (χ4n) is 1.98. The summed E-state index contributed by atoms with van der Waals surface area (Å²) < 4.78 is 0. The van der Waals surface area contributed by atoms with Crippen LogP contribution < -0.4 is 10.2 Å². The minimum atomic E-state index is -1.55. The molecule has 0 aliphatic heterocycles. The van der Waals surface area contributed by atoms with E-state index < -0.39 is 11.9 Å². The van der Waals surface area contributed by atoms with Crippen molar-refractivity contribution in [2.45, 2.75) is 39.0 Å². The van der Waals surface area contributed by atoms with E-state index in [1.54, 1.807) is 12.1 Å². The predicted molar refractivity (Wildman–Crippen MR) is 78.0 cm³/mol. The van der Waals surface area contributed by atoms with Gasteiger partial charge in [0.2, 0.25) is 0 Å². The van der Waals surface area contributed by atoms with Crippen LogP contribution in [0.25, 0.3) is 5.57 Å². The van der Waals surface area contributed by atoms with Crippen LogP contribution in [-0.2, 0) is 16.0 Å². The first-order chi connectivity index (χ1) is 9.54. The summed E-state index contributed by atoms with van der Waals surface area (Å²) in [5.74, 6) is -3.07. The Hall–Kier alpha value is -0.840. The number of rotatable bonds is 8. The zero-order valence-corrected chi connectivity index (χ0v) is 14.5. The minimum absolute atomic E-state index is 0. The van der Waals surface area contributed by atoms with E-state index in [9.17, 15) is 19.8 Å². The zero-order valence-electron chi connectivity index (χ0n) is 12.3. The maximum Gasteiger partial charge on any atom is 2.00 e. The van der Waals surface area contributed by atoms with E-state index in [1.165, 1.54) is 19.3 Å². The summed E-state index contributed by atoms with van der Waals surface area (Å²) in [6.07, 6.45) is 6.14. The van der Waals surface area contributed by atoms with Gasteiger partial charge in [-0.3, -0.25) is 0 Å². The Balaban J connectivity index is 0.00000400. The Morgan fingerprint density at radius 1 is 1.05 bits per heavy atom. The van der Waals surface area contributed by atoms with Gasteiger partial charge in [0.25, 0.3) is 0 Å². The predicted octanol–water partition coefficient (Wildman–Crippen LogP) is 0.312. The first-order valence-corrected chi connectivity index (χ1v) is 6.78. The summed E-state index contributed by atoms with van der Waals surface area (Å²) in [6.45, 7) is 2.15. The van der Waals surface area contributed by atoms with Crippen molar-refractivity contribution in [2.75, 3.05) is 0 Å². The smallest absolute Gasteiger partial charge is 0.545 e. The van der Waals surface area contributed by atoms with Crippen LogP contribution in [0.5, 0.6) is 0 Å². The summed E-state index contributed by atoms with van der Waals surface area (Å²) in [5.41, 5.74) is 1.05. The molecule has 0 aliphatic carbocycles. The van der Waals surface area contributed by atoms with E-state index in [2.05, 4.69) is 6.92 Å². The van der Waals surface area contributed by atoms with Gasteiger partial charge >= 0.3 is 37.7 Å². The Labute approximate surface area is 154 Å². The third-order valence-electron chi connectivity index (χ3n) is 3.07. The minimum Gasteiger partial charge on any atom is -0.545 e. The number of carbonyl (C=O) groups is 2.